The van der Waals surface area contributed by atoms with Crippen LogP contribution in [0, 0.1) is 0 Å². The molecule has 2 heterocycles. The standard InChI is InChI=1S/C15H12BrCl2N3OS/c1-2-21-14(12-6-7-13(16)22-12)19-20-15(21)23-8-9-10(17)4-3-5-11(9)18/h3-7H,2,8H2,1H3. The highest BCUT2D eigenvalue weighted by molar-refractivity contribution is 9.10. The molecule has 0 aliphatic carbocycles. The molecule has 3 rings (SSSR count). The van der Waals surface area contributed by atoms with Crippen LogP contribution in [0.4, 0.5) is 0 Å². The van der Waals surface area contributed by atoms with Gasteiger partial charge in [-0.1, -0.05) is 41.0 Å². The topological polar surface area (TPSA) is 43.9 Å². The van der Waals surface area contributed by atoms with E-state index >= 15 is 0 Å². The quantitative estimate of drug-likeness (QED) is 0.469. The van der Waals surface area contributed by atoms with Crippen LogP contribution in [-0.4, -0.2) is 14.8 Å². The van der Waals surface area contributed by atoms with E-state index in [1.54, 1.807) is 11.8 Å². The molecule has 0 fully saturated rings. The molecule has 3 aromatic rings. The van der Waals surface area contributed by atoms with Gasteiger partial charge in [0.2, 0.25) is 5.82 Å². The van der Waals surface area contributed by atoms with Gasteiger partial charge in [-0.15, -0.1) is 10.2 Å². The summed E-state index contributed by atoms with van der Waals surface area (Å²) in [5.41, 5.74) is 0.897. The number of thioether (sulfide) groups is 1. The zero-order valence-corrected chi connectivity index (χ0v) is 16.0. The summed E-state index contributed by atoms with van der Waals surface area (Å²) in [6.45, 7) is 2.77. The second-order valence-corrected chi connectivity index (χ2v) is 7.18. The summed E-state index contributed by atoms with van der Waals surface area (Å²) in [5, 5.41) is 10.6. The summed E-state index contributed by atoms with van der Waals surface area (Å²) in [5.74, 6) is 2.00. The minimum Gasteiger partial charge on any atom is -0.446 e. The van der Waals surface area contributed by atoms with Gasteiger partial charge in [0.05, 0.1) is 0 Å². The smallest absolute Gasteiger partial charge is 0.200 e. The molecule has 0 bridgehead atoms. The van der Waals surface area contributed by atoms with Gasteiger partial charge in [-0.25, -0.2) is 0 Å². The Hall–Kier alpha value is -0.950. The van der Waals surface area contributed by atoms with Gasteiger partial charge in [0.25, 0.3) is 0 Å². The molecule has 0 saturated heterocycles. The van der Waals surface area contributed by atoms with Crippen molar-refractivity contribution in [3.05, 3.63) is 50.6 Å². The van der Waals surface area contributed by atoms with Gasteiger partial charge in [0.1, 0.15) is 0 Å². The lowest BCUT2D eigenvalue weighted by molar-refractivity contribution is 0.543. The Morgan fingerprint density at radius 1 is 1.17 bits per heavy atom. The van der Waals surface area contributed by atoms with E-state index in [1.165, 1.54) is 0 Å². The fraction of sp³-hybridized carbons (Fsp3) is 0.200. The van der Waals surface area contributed by atoms with E-state index in [1.807, 2.05) is 41.8 Å². The number of nitrogens with zero attached hydrogens (tertiary/aromatic N) is 3. The number of hydrogen-bond donors (Lipinski definition) is 0. The van der Waals surface area contributed by atoms with Crippen molar-refractivity contribution in [2.45, 2.75) is 24.4 Å². The Balaban J connectivity index is 1.85. The van der Waals surface area contributed by atoms with Gasteiger partial charge in [-0.05, 0) is 52.7 Å². The fourth-order valence-corrected chi connectivity index (χ4v) is 4.15. The van der Waals surface area contributed by atoms with Crippen molar-refractivity contribution in [1.29, 1.82) is 0 Å². The maximum Gasteiger partial charge on any atom is 0.200 e. The molecule has 0 saturated carbocycles. The Morgan fingerprint density at radius 2 is 1.91 bits per heavy atom. The minimum atomic E-state index is 0.624. The van der Waals surface area contributed by atoms with E-state index in [0.717, 1.165) is 17.3 Å². The van der Waals surface area contributed by atoms with Crippen LogP contribution in [0.5, 0.6) is 0 Å². The molecular formula is C15H12BrCl2N3OS. The maximum atomic E-state index is 6.21. The molecule has 1 aromatic carbocycles. The number of halogens is 3. The second-order valence-electron chi connectivity index (χ2n) is 4.64. The summed E-state index contributed by atoms with van der Waals surface area (Å²) in [6, 6.07) is 9.19. The SMILES string of the molecule is CCn1c(SCc2c(Cl)cccc2Cl)nnc1-c1ccc(Br)o1. The Bertz CT molecular complexity index is 814. The normalized spacial score (nSPS) is 11.1. The van der Waals surface area contributed by atoms with Gasteiger partial charge in [-0.3, -0.25) is 4.57 Å². The highest BCUT2D eigenvalue weighted by Crippen LogP contribution is 2.32. The average molecular weight is 433 g/mol. The first kappa shape index (κ1) is 16.9. The monoisotopic (exact) mass is 431 g/mol. The summed E-state index contributed by atoms with van der Waals surface area (Å²) < 4.78 is 8.23. The number of benzene rings is 1. The van der Waals surface area contributed by atoms with Crippen LogP contribution in [0.25, 0.3) is 11.6 Å². The average Bonchev–Trinajstić information content (AvgIpc) is 3.12. The first-order valence-electron chi connectivity index (χ1n) is 6.84. The second kappa shape index (κ2) is 7.30. The summed E-state index contributed by atoms with van der Waals surface area (Å²) in [7, 11) is 0. The molecule has 23 heavy (non-hydrogen) atoms. The molecule has 2 aromatic heterocycles. The minimum absolute atomic E-state index is 0.624. The number of rotatable bonds is 5. The lowest BCUT2D eigenvalue weighted by atomic mass is 10.2. The first-order chi connectivity index (χ1) is 11.1. The zero-order valence-electron chi connectivity index (χ0n) is 12.1. The lowest BCUT2D eigenvalue weighted by Crippen LogP contribution is -1.99. The third-order valence-electron chi connectivity index (χ3n) is 3.23. The molecule has 0 spiro atoms. The van der Waals surface area contributed by atoms with Gasteiger partial charge < -0.3 is 4.42 Å². The third-order valence-corrected chi connectivity index (χ3v) is 5.36. The van der Waals surface area contributed by atoms with Crippen LogP contribution in [0.15, 0.2) is 44.6 Å². The van der Waals surface area contributed by atoms with Gasteiger partial charge >= 0.3 is 0 Å². The molecule has 0 aliphatic heterocycles. The molecule has 0 radical (unpaired) electrons. The van der Waals surface area contributed by atoms with Crippen molar-refractivity contribution in [2.24, 2.45) is 0 Å². The predicted octanol–water partition coefficient (Wildman–Crippen LogP) is 5.92. The molecule has 0 N–H and O–H groups in total. The molecule has 120 valence electrons. The highest BCUT2D eigenvalue weighted by atomic mass is 79.9. The molecule has 0 atom stereocenters. The van der Waals surface area contributed by atoms with Crippen LogP contribution in [-0.2, 0) is 12.3 Å². The van der Waals surface area contributed by atoms with Crippen molar-refractivity contribution in [3.8, 4) is 11.6 Å². The molecule has 4 nitrogen and oxygen atoms in total. The van der Waals surface area contributed by atoms with E-state index < -0.39 is 0 Å². The Kier molecular flexibility index (Phi) is 5.36. The fourth-order valence-electron chi connectivity index (χ4n) is 2.10. The van der Waals surface area contributed by atoms with Gasteiger partial charge in [-0.2, -0.15) is 0 Å². The molecule has 8 heteroatoms. The molecule has 0 unspecified atom stereocenters. The van der Waals surface area contributed by atoms with E-state index in [2.05, 4.69) is 26.1 Å². The van der Waals surface area contributed by atoms with Crippen molar-refractivity contribution in [3.63, 3.8) is 0 Å². The van der Waals surface area contributed by atoms with E-state index in [4.69, 9.17) is 27.6 Å². The third kappa shape index (κ3) is 3.60. The van der Waals surface area contributed by atoms with E-state index in [9.17, 15) is 0 Å². The summed E-state index contributed by atoms with van der Waals surface area (Å²) in [6.07, 6.45) is 0. The van der Waals surface area contributed by atoms with E-state index in [0.29, 0.717) is 32.1 Å². The van der Waals surface area contributed by atoms with Crippen LogP contribution in [0.2, 0.25) is 10.0 Å². The maximum absolute atomic E-state index is 6.21. The number of furan rings is 1. The molecule has 0 aliphatic rings. The summed E-state index contributed by atoms with van der Waals surface area (Å²) >= 11 is 17.3. The summed E-state index contributed by atoms with van der Waals surface area (Å²) in [4.78, 5) is 0. The highest BCUT2D eigenvalue weighted by Gasteiger charge is 2.17. The molecular weight excluding hydrogens is 421 g/mol. The number of aromatic nitrogens is 3. The van der Waals surface area contributed by atoms with Crippen LogP contribution in [0.3, 0.4) is 0 Å². The Labute approximate surface area is 156 Å². The lowest BCUT2D eigenvalue weighted by Gasteiger charge is -2.08. The van der Waals surface area contributed by atoms with E-state index in [-0.39, 0.29) is 0 Å². The van der Waals surface area contributed by atoms with Crippen molar-refractivity contribution in [1.82, 2.24) is 14.8 Å². The van der Waals surface area contributed by atoms with Crippen LogP contribution in [0.1, 0.15) is 12.5 Å². The molecule has 0 amide bonds. The van der Waals surface area contributed by atoms with Crippen molar-refractivity contribution < 1.29 is 4.42 Å². The van der Waals surface area contributed by atoms with Crippen LogP contribution >= 0.6 is 50.9 Å². The van der Waals surface area contributed by atoms with Crippen molar-refractivity contribution >= 4 is 50.9 Å². The van der Waals surface area contributed by atoms with Gasteiger partial charge in [0, 0.05) is 22.3 Å². The predicted molar refractivity (Wildman–Crippen MR) is 97.1 cm³/mol. The van der Waals surface area contributed by atoms with Gasteiger partial charge in [0.15, 0.2) is 15.6 Å². The zero-order chi connectivity index (χ0) is 16.4. The first-order valence-corrected chi connectivity index (χ1v) is 9.38. The van der Waals surface area contributed by atoms with Crippen molar-refractivity contribution in [2.75, 3.05) is 0 Å². The van der Waals surface area contributed by atoms with Crippen LogP contribution < -0.4 is 0 Å². The number of hydrogen-bond acceptors (Lipinski definition) is 4. The Morgan fingerprint density at radius 3 is 2.52 bits per heavy atom. The largest absolute Gasteiger partial charge is 0.446 e.